The number of allylic oxidation sites excluding steroid dienone is 1. The van der Waals surface area contributed by atoms with Gasteiger partial charge in [-0.2, -0.15) is 0 Å². The number of benzene rings is 2. The highest BCUT2D eigenvalue weighted by molar-refractivity contribution is 8.04. The number of thioether (sulfide) groups is 1. The zero-order chi connectivity index (χ0) is 20.1. The molecule has 0 aromatic heterocycles. The van der Waals surface area contributed by atoms with Gasteiger partial charge < -0.3 is 15.4 Å². The van der Waals surface area contributed by atoms with Crippen LogP contribution < -0.4 is 10.6 Å². The summed E-state index contributed by atoms with van der Waals surface area (Å²) in [5.74, 6) is 0.994. The van der Waals surface area contributed by atoms with E-state index in [0.717, 1.165) is 16.9 Å². The predicted molar refractivity (Wildman–Crippen MR) is 113 cm³/mol. The fraction of sp³-hybridized carbons (Fsp3) is 0.273. The molecule has 0 bridgehead atoms. The first-order chi connectivity index (χ1) is 13.5. The van der Waals surface area contributed by atoms with E-state index in [1.165, 1.54) is 11.8 Å². The smallest absolute Gasteiger partial charge is 0.265 e. The van der Waals surface area contributed by atoms with Crippen LogP contribution in [-0.4, -0.2) is 24.2 Å². The molecule has 1 atom stereocenters. The Bertz CT molecular complexity index is 909. The molecule has 0 saturated carbocycles. The minimum Gasteiger partial charge on any atom is -0.496 e. The highest BCUT2D eigenvalue weighted by Crippen LogP contribution is 2.27. The monoisotopic (exact) mass is 396 g/mol. The molecule has 2 aromatic rings. The average molecular weight is 397 g/mol. The lowest BCUT2D eigenvalue weighted by atomic mass is 10.1. The highest BCUT2D eigenvalue weighted by atomic mass is 32.2. The lowest BCUT2D eigenvalue weighted by molar-refractivity contribution is -0.112. The molecule has 0 saturated heterocycles. The Morgan fingerprint density at radius 1 is 1.07 bits per heavy atom. The molecular formula is C22H24N2O3S. The number of rotatable bonds is 5. The number of nitrogens with one attached hydrogen (secondary N) is 2. The van der Waals surface area contributed by atoms with Crippen molar-refractivity contribution in [1.82, 2.24) is 5.32 Å². The van der Waals surface area contributed by atoms with Gasteiger partial charge in [0.25, 0.3) is 11.8 Å². The normalized spacial score (nSPS) is 14.8. The maximum absolute atomic E-state index is 12.7. The molecule has 2 amide bonds. The summed E-state index contributed by atoms with van der Waals surface area (Å²) >= 11 is 1.48. The van der Waals surface area contributed by atoms with E-state index in [1.807, 2.05) is 50.2 Å². The van der Waals surface area contributed by atoms with Crippen molar-refractivity contribution in [3.8, 4) is 0 Å². The molecule has 28 heavy (non-hydrogen) atoms. The lowest BCUT2D eigenvalue weighted by Gasteiger charge is -2.19. The van der Waals surface area contributed by atoms with Crippen molar-refractivity contribution in [2.45, 2.75) is 26.8 Å². The Hall–Kier alpha value is -2.73. The summed E-state index contributed by atoms with van der Waals surface area (Å²) in [5.41, 5.74) is 3.05. The number of carbonyl (C=O) groups excluding carboxylic acids is 2. The van der Waals surface area contributed by atoms with Crippen LogP contribution in [0, 0.1) is 6.92 Å². The third-order valence-corrected chi connectivity index (χ3v) is 5.70. The number of ether oxygens (including phenoxy) is 1. The molecule has 1 heterocycles. The molecule has 0 fully saturated rings. The second kappa shape index (κ2) is 8.97. The maximum Gasteiger partial charge on any atom is 0.265 e. The maximum atomic E-state index is 12.7. The van der Waals surface area contributed by atoms with Gasteiger partial charge in [0.2, 0.25) is 0 Å². The average Bonchev–Trinajstić information content (AvgIpc) is 2.70. The first-order valence-corrected chi connectivity index (χ1v) is 10.2. The van der Waals surface area contributed by atoms with Gasteiger partial charge in [0.15, 0.2) is 0 Å². The van der Waals surface area contributed by atoms with Crippen molar-refractivity contribution < 1.29 is 14.3 Å². The molecule has 1 aliphatic heterocycles. The van der Waals surface area contributed by atoms with Gasteiger partial charge in [-0.05, 0) is 44.0 Å². The molecule has 2 N–H and O–H groups in total. The highest BCUT2D eigenvalue weighted by Gasteiger charge is 2.20. The van der Waals surface area contributed by atoms with E-state index in [1.54, 1.807) is 19.1 Å². The van der Waals surface area contributed by atoms with E-state index in [9.17, 15) is 9.59 Å². The molecule has 3 rings (SSSR count). The second-order valence-corrected chi connectivity index (χ2v) is 7.78. The van der Waals surface area contributed by atoms with Crippen LogP contribution in [0.2, 0.25) is 0 Å². The van der Waals surface area contributed by atoms with Crippen LogP contribution in [0.1, 0.15) is 41.4 Å². The number of anilines is 1. The molecule has 2 aromatic carbocycles. The first kappa shape index (κ1) is 20.0. The van der Waals surface area contributed by atoms with E-state index >= 15 is 0 Å². The second-order valence-electron chi connectivity index (χ2n) is 6.67. The van der Waals surface area contributed by atoms with Crippen LogP contribution in [0.25, 0.3) is 0 Å². The Morgan fingerprint density at radius 3 is 2.54 bits per heavy atom. The van der Waals surface area contributed by atoms with Gasteiger partial charge in [-0.3, -0.25) is 9.59 Å². The Morgan fingerprint density at radius 2 is 1.82 bits per heavy atom. The van der Waals surface area contributed by atoms with Crippen LogP contribution in [0.15, 0.2) is 59.2 Å². The summed E-state index contributed by atoms with van der Waals surface area (Å²) in [7, 11) is 0. The number of hydrogen-bond donors (Lipinski definition) is 2. The lowest BCUT2D eigenvalue weighted by Crippen LogP contribution is -2.27. The molecule has 5 nitrogen and oxygen atoms in total. The quantitative estimate of drug-likeness (QED) is 0.785. The Labute approximate surface area is 169 Å². The summed E-state index contributed by atoms with van der Waals surface area (Å²) in [6, 6.07) is 15.0. The fourth-order valence-electron chi connectivity index (χ4n) is 2.91. The number of hydrogen-bond acceptors (Lipinski definition) is 4. The van der Waals surface area contributed by atoms with Gasteiger partial charge in [0.05, 0.1) is 12.6 Å². The van der Waals surface area contributed by atoms with Crippen LogP contribution >= 0.6 is 11.8 Å². The molecular weight excluding hydrogens is 372 g/mol. The molecule has 146 valence electrons. The van der Waals surface area contributed by atoms with Crippen molar-refractivity contribution in [2.24, 2.45) is 0 Å². The number of aryl methyl sites for hydroxylation is 1. The van der Waals surface area contributed by atoms with Gasteiger partial charge in [0, 0.05) is 17.0 Å². The van der Waals surface area contributed by atoms with E-state index < -0.39 is 0 Å². The molecule has 1 unspecified atom stereocenters. The zero-order valence-corrected chi connectivity index (χ0v) is 17.1. The first-order valence-electron chi connectivity index (χ1n) is 9.20. The van der Waals surface area contributed by atoms with Crippen LogP contribution in [0.4, 0.5) is 5.69 Å². The predicted octanol–water partition coefficient (Wildman–Crippen LogP) is 4.42. The van der Waals surface area contributed by atoms with Gasteiger partial charge >= 0.3 is 0 Å². The SMILES string of the molecule is CC1=C(C(=O)Nc2cc(C(=O)NC(C)c3ccccc3)ccc2C)SCCO1. The van der Waals surface area contributed by atoms with E-state index in [2.05, 4.69) is 10.6 Å². The van der Waals surface area contributed by atoms with Gasteiger partial charge in [-0.1, -0.05) is 36.4 Å². The minimum absolute atomic E-state index is 0.114. The summed E-state index contributed by atoms with van der Waals surface area (Å²) < 4.78 is 5.46. The summed E-state index contributed by atoms with van der Waals surface area (Å²) in [5, 5.41) is 5.91. The van der Waals surface area contributed by atoms with E-state index in [-0.39, 0.29) is 17.9 Å². The third-order valence-electron chi connectivity index (χ3n) is 4.57. The molecule has 1 aliphatic rings. The number of amides is 2. The van der Waals surface area contributed by atoms with Crippen LogP contribution in [0.5, 0.6) is 0 Å². The molecule has 0 radical (unpaired) electrons. The van der Waals surface area contributed by atoms with E-state index in [4.69, 9.17) is 4.74 Å². The van der Waals surface area contributed by atoms with Crippen molar-refractivity contribution in [3.05, 3.63) is 75.9 Å². The Kier molecular flexibility index (Phi) is 6.41. The Balaban J connectivity index is 1.74. The summed E-state index contributed by atoms with van der Waals surface area (Å²) in [4.78, 5) is 25.9. The summed E-state index contributed by atoms with van der Waals surface area (Å²) in [6.45, 7) is 6.25. The van der Waals surface area contributed by atoms with Gasteiger partial charge in [-0.25, -0.2) is 0 Å². The molecule has 0 spiro atoms. The largest absolute Gasteiger partial charge is 0.496 e. The zero-order valence-electron chi connectivity index (χ0n) is 16.2. The minimum atomic E-state index is -0.208. The van der Waals surface area contributed by atoms with Crippen LogP contribution in [-0.2, 0) is 9.53 Å². The van der Waals surface area contributed by atoms with Crippen LogP contribution in [0.3, 0.4) is 0 Å². The van der Waals surface area contributed by atoms with Crippen molar-refractivity contribution >= 4 is 29.3 Å². The molecule has 6 heteroatoms. The molecule has 0 aliphatic carbocycles. The van der Waals surface area contributed by atoms with Gasteiger partial charge in [0.1, 0.15) is 10.7 Å². The third kappa shape index (κ3) is 4.75. The van der Waals surface area contributed by atoms with E-state index in [0.29, 0.717) is 28.5 Å². The van der Waals surface area contributed by atoms with Gasteiger partial charge in [-0.15, -0.1) is 11.8 Å². The fourth-order valence-corrected chi connectivity index (χ4v) is 3.73. The van der Waals surface area contributed by atoms with Crippen molar-refractivity contribution in [2.75, 3.05) is 17.7 Å². The standard InChI is InChI=1S/C22H24N2O3S/c1-14-9-10-18(21(25)23-15(2)17-7-5-4-6-8-17)13-19(14)24-22(26)20-16(3)27-11-12-28-20/h4-10,13,15H,11-12H2,1-3H3,(H,23,25)(H,24,26). The number of carbonyl (C=O) groups is 2. The van der Waals surface area contributed by atoms with Crippen molar-refractivity contribution in [1.29, 1.82) is 0 Å². The topological polar surface area (TPSA) is 67.4 Å². The van der Waals surface area contributed by atoms with Crippen molar-refractivity contribution in [3.63, 3.8) is 0 Å². The summed E-state index contributed by atoms with van der Waals surface area (Å²) in [6.07, 6.45) is 0.